The average Bonchev–Trinajstić information content (AvgIpc) is 2.74. The zero-order chi connectivity index (χ0) is 11.7. The third-order valence-electron chi connectivity index (χ3n) is 2.72. The van der Waals surface area contributed by atoms with Crippen LogP contribution in [0.25, 0.3) is 0 Å². The minimum Gasteiger partial charge on any atom is -0.501 e. The Labute approximate surface area is 101 Å². The molecule has 0 aromatic heterocycles. The van der Waals surface area contributed by atoms with E-state index in [0.29, 0.717) is 4.47 Å². The van der Waals surface area contributed by atoms with Crippen LogP contribution >= 0.6 is 15.9 Å². The third kappa shape index (κ3) is 2.03. The minimum absolute atomic E-state index is 0.149. The molecular formula is C10H11BrN2O3. The fourth-order valence-electron chi connectivity index (χ4n) is 1.91. The van der Waals surface area contributed by atoms with Crippen LogP contribution < -0.4 is 5.32 Å². The topological polar surface area (TPSA) is 75.4 Å². The number of phenolic OH excluding ortho intramolecular Hbond substituents is 1. The van der Waals surface area contributed by atoms with E-state index < -0.39 is 4.92 Å². The Hall–Kier alpha value is -1.14. The summed E-state index contributed by atoms with van der Waals surface area (Å²) in [6.07, 6.45) is 2.03. The number of rotatable bonds is 2. The molecule has 16 heavy (non-hydrogen) atoms. The van der Waals surface area contributed by atoms with Gasteiger partial charge in [-0.2, -0.15) is 0 Å². The number of halogens is 1. The molecule has 0 radical (unpaired) electrons. The highest BCUT2D eigenvalue weighted by molar-refractivity contribution is 9.10. The van der Waals surface area contributed by atoms with E-state index >= 15 is 0 Å². The van der Waals surface area contributed by atoms with E-state index in [2.05, 4.69) is 21.2 Å². The molecular weight excluding hydrogens is 276 g/mol. The molecule has 1 aliphatic heterocycles. The lowest BCUT2D eigenvalue weighted by Crippen LogP contribution is -2.13. The van der Waals surface area contributed by atoms with Crippen LogP contribution in [0.5, 0.6) is 5.75 Å². The number of phenols is 1. The number of nitrogens with zero attached hydrogens (tertiary/aromatic N) is 1. The Morgan fingerprint density at radius 1 is 1.56 bits per heavy atom. The molecule has 86 valence electrons. The molecule has 0 spiro atoms. The van der Waals surface area contributed by atoms with Crippen molar-refractivity contribution in [2.24, 2.45) is 0 Å². The van der Waals surface area contributed by atoms with Gasteiger partial charge in [0.15, 0.2) is 0 Å². The first-order chi connectivity index (χ1) is 7.59. The number of nitrogens with one attached hydrogen (secondary N) is 1. The molecule has 1 fully saturated rings. The smallest absolute Gasteiger partial charge is 0.312 e. The van der Waals surface area contributed by atoms with Crippen LogP contribution in [0.1, 0.15) is 24.4 Å². The monoisotopic (exact) mass is 286 g/mol. The van der Waals surface area contributed by atoms with E-state index in [1.807, 2.05) is 0 Å². The number of nitro groups is 1. The number of benzene rings is 1. The summed E-state index contributed by atoms with van der Waals surface area (Å²) in [5.41, 5.74) is 0.590. The maximum atomic E-state index is 10.7. The van der Waals surface area contributed by atoms with Crippen molar-refractivity contribution in [2.45, 2.75) is 18.9 Å². The van der Waals surface area contributed by atoms with Gasteiger partial charge in [-0.1, -0.05) is 0 Å². The standard InChI is InChI=1S/C10H11BrN2O3/c11-7-4-6(8-2-1-3-12-8)5-9(10(7)14)13(15)16/h4-5,8,12,14H,1-3H2. The Morgan fingerprint density at radius 3 is 2.88 bits per heavy atom. The van der Waals surface area contributed by atoms with Crippen LogP contribution in [0.3, 0.4) is 0 Å². The van der Waals surface area contributed by atoms with Crippen molar-refractivity contribution in [3.63, 3.8) is 0 Å². The lowest BCUT2D eigenvalue weighted by molar-refractivity contribution is -0.386. The first kappa shape index (κ1) is 11.3. The van der Waals surface area contributed by atoms with Crippen molar-refractivity contribution < 1.29 is 10.0 Å². The van der Waals surface area contributed by atoms with Crippen molar-refractivity contribution in [2.75, 3.05) is 6.54 Å². The summed E-state index contributed by atoms with van der Waals surface area (Å²) >= 11 is 3.13. The van der Waals surface area contributed by atoms with E-state index in [1.165, 1.54) is 6.07 Å². The number of hydrogen-bond acceptors (Lipinski definition) is 4. The quantitative estimate of drug-likeness (QED) is 0.647. The van der Waals surface area contributed by atoms with Gasteiger partial charge in [0, 0.05) is 12.1 Å². The summed E-state index contributed by atoms with van der Waals surface area (Å²) in [6, 6.07) is 3.31. The van der Waals surface area contributed by atoms with Crippen LogP contribution in [0.15, 0.2) is 16.6 Å². The van der Waals surface area contributed by atoms with Gasteiger partial charge in [0.05, 0.1) is 9.40 Å². The van der Waals surface area contributed by atoms with Crippen LogP contribution in [0.2, 0.25) is 0 Å². The van der Waals surface area contributed by atoms with Crippen LogP contribution in [0.4, 0.5) is 5.69 Å². The lowest BCUT2D eigenvalue weighted by atomic mass is 10.0. The predicted molar refractivity (Wildman–Crippen MR) is 62.4 cm³/mol. The van der Waals surface area contributed by atoms with E-state index in [4.69, 9.17) is 0 Å². The molecule has 1 aromatic rings. The molecule has 0 amide bonds. The van der Waals surface area contributed by atoms with Crippen molar-refractivity contribution >= 4 is 21.6 Å². The summed E-state index contributed by atoms with van der Waals surface area (Å²) in [5.74, 6) is -0.313. The molecule has 1 heterocycles. The Morgan fingerprint density at radius 2 is 2.31 bits per heavy atom. The van der Waals surface area contributed by atoms with Crippen molar-refractivity contribution in [1.82, 2.24) is 5.32 Å². The molecule has 6 heteroatoms. The molecule has 5 nitrogen and oxygen atoms in total. The number of hydrogen-bond donors (Lipinski definition) is 2. The normalized spacial score (nSPS) is 19.9. The van der Waals surface area contributed by atoms with Crippen LogP contribution in [0, 0.1) is 10.1 Å². The van der Waals surface area contributed by atoms with Crippen molar-refractivity contribution in [3.05, 3.63) is 32.3 Å². The van der Waals surface area contributed by atoms with Crippen LogP contribution in [-0.2, 0) is 0 Å². The fraction of sp³-hybridized carbons (Fsp3) is 0.400. The van der Waals surface area contributed by atoms with E-state index in [-0.39, 0.29) is 17.5 Å². The fourth-order valence-corrected chi connectivity index (χ4v) is 2.38. The van der Waals surface area contributed by atoms with Gasteiger partial charge in [0.2, 0.25) is 5.75 Å². The van der Waals surface area contributed by atoms with E-state index in [0.717, 1.165) is 24.9 Å². The molecule has 1 aromatic carbocycles. The van der Waals surface area contributed by atoms with Crippen molar-refractivity contribution in [3.8, 4) is 5.75 Å². The molecule has 1 saturated heterocycles. The second-order valence-electron chi connectivity index (χ2n) is 3.78. The molecule has 1 unspecified atom stereocenters. The highest BCUT2D eigenvalue weighted by Crippen LogP contribution is 2.38. The van der Waals surface area contributed by atoms with Gasteiger partial charge >= 0.3 is 5.69 Å². The number of aromatic hydroxyl groups is 1. The molecule has 0 saturated carbocycles. The first-order valence-corrected chi connectivity index (χ1v) is 5.79. The summed E-state index contributed by atoms with van der Waals surface area (Å²) in [7, 11) is 0. The molecule has 2 N–H and O–H groups in total. The Balaban J connectivity index is 2.43. The highest BCUT2D eigenvalue weighted by Gasteiger charge is 2.23. The largest absolute Gasteiger partial charge is 0.501 e. The van der Waals surface area contributed by atoms with Gasteiger partial charge in [0.1, 0.15) is 0 Å². The highest BCUT2D eigenvalue weighted by atomic mass is 79.9. The molecule has 1 atom stereocenters. The summed E-state index contributed by atoms with van der Waals surface area (Å²) in [6.45, 7) is 0.928. The maximum Gasteiger partial charge on any atom is 0.312 e. The van der Waals surface area contributed by atoms with Gasteiger partial charge in [-0.3, -0.25) is 10.1 Å². The second kappa shape index (κ2) is 4.39. The minimum atomic E-state index is -0.571. The summed E-state index contributed by atoms with van der Waals surface area (Å²) in [5, 5.41) is 23.5. The lowest BCUT2D eigenvalue weighted by Gasteiger charge is -2.11. The van der Waals surface area contributed by atoms with E-state index in [1.54, 1.807) is 6.07 Å². The third-order valence-corrected chi connectivity index (χ3v) is 3.33. The zero-order valence-corrected chi connectivity index (χ0v) is 10.0. The summed E-state index contributed by atoms with van der Waals surface area (Å²) in [4.78, 5) is 10.2. The Kier molecular flexibility index (Phi) is 3.11. The SMILES string of the molecule is O=[N+]([O-])c1cc(C2CCCN2)cc(Br)c1O. The van der Waals surface area contributed by atoms with Gasteiger partial charge in [-0.05, 0) is 46.9 Å². The van der Waals surface area contributed by atoms with Crippen molar-refractivity contribution in [1.29, 1.82) is 0 Å². The van der Waals surface area contributed by atoms with Gasteiger partial charge in [-0.15, -0.1) is 0 Å². The number of nitro benzene ring substituents is 1. The maximum absolute atomic E-state index is 10.7. The Bertz CT molecular complexity index is 430. The summed E-state index contributed by atoms with van der Waals surface area (Å²) < 4.78 is 0.366. The predicted octanol–water partition coefficient (Wildman–Crippen LogP) is 2.49. The molecule has 0 aliphatic carbocycles. The molecule has 1 aliphatic rings. The second-order valence-corrected chi connectivity index (χ2v) is 4.63. The van der Waals surface area contributed by atoms with Gasteiger partial charge < -0.3 is 10.4 Å². The van der Waals surface area contributed by atoms with Gasteiger partial charge in [-0.25, -0.2) is 0 Å². The zero-order valence-electron chi connectivity index (χ0n) is 8.44. The first-order valence-electron chi connectivity index (χ1n) is 5.00. The molecule has 0 bridgehead atoms. The van der Waals surface area contributed by atoms with E-state index in [9.17, 15) is 15.2 Å². The van der Waals surface area contributed by atoms with Crippen LogP contribution in [-0.4, -0.2) is 16.6 Å². The average molecular weight is 287 g/mol. The van der Waals surface area contributed by atoms with Gasteiger partial charge in [0.25, 0.3) is 0 Å². The molecule has 2 rings (SSSR count).